The molecule has 3 rings (SSSR count). The number of nitrogens with one attached hydrogen (secondary N) is 1. The molecule has 1 heterocycles. The van der Waals surface area contributed by atoms with E-state index in [1.165, 1.54) is 12.1 Å². The van der Waals surface area contributed by atoms with Gasteiger partial charge in [-0.2, -0.15) is 0 Å². The van der Waals surface area contributed by atoms with Crippen LogP contribution in [0.5, 0.6) is 5.75 Å². The molecule has 2 N–H and O–H groups in total. The summed E-state index contributed by atoms with van der Waals surface area (Å²) in [5.74, 6) is -1.01. The quantitative estimate of drug-likeness (QED) is 0.343. The third-order valence-electron chi connectivity index (χ3n) is 3.72. The zero-order chi connectivity index (χ0) is 18.8. The summed E-state index contributed by atoms with van der Waals surface area (Å²) in [5, 5.41) is 22.8. The van der Waals surface area contributed by atoms with Crippen LogP contribution in [-0.4, -0.2) is 26.9 Å². The highest BCUT2D eigenvalue weighted by Gasteiger charge is 2.33. The molecule has 8 nitrogen and oxygen atoms in total. The first-order chi connectivity index (χ1) is 12.3. The molecule has 2 aromatic rings. The van der Waals surface area contributed by atoms with Crippen molar-refractivity contribution in [2.24, 2.45) is 0 Å². The van der Waals surface area contributed by atoms with E-state index in [2.05, 4.69) is 21.2 Å². The van der Waals surface area contributed by atoms with Crippen molar-refractivity contribution in [1.29, 1.82) is 0 Å². The Bertz CT molecular complexity index is 940. The Balaban J connectivity index is 1.84. The van der Waals surface area contributed by atoms with E-state index in [1.807, 2.05) is 0 Å². The Kier molecular flexibility index (Phi) is 4.72. The van der Waals surface area contributed by atoms with E-state index >= 15 is 0 Å². The Morgan fingerprint density at radius 3 is 2.54 bits per heavy atom. The summed E-state index contributed by atoms with van der Waals surface area (Å²) in [6, 6.07) is 10.3. The summed E-state index contributed by atoms with van der Waals surface area (Å²) in [7, 11) is 0. The highest BCUT2D eigenvalue weighted by molar-refractivity contribution is 9.10. The lowest BCUT2D eigenvalue weighted by molar-refractivity contribution is -0.385. The zero-order valence-electron chi connectivity index (χ0n) is 13.2. The molecule has 0 radical (unpaired) electrons. The topological polar surface area (TPSA) is 113 Å². The number of urea groups is 1. The molecule has 0 bridgehead atoms. The molecule has 0 spiro atoms. The van der Waals surface area contributed by atoms with Crippen molar-refractivity contribution < 1.29 is 19.6 Å². The maximum atomic E-state index is 12.5. The van der Waals surface area contributed by atoms with Gasteiger partial charge in [-0.1, -0.05) is 34.1 Å². The molecule has 1 saturated heterocycles. The first-order valence-electron chi connectivity index (χ1n) is 7.41. The summed E-state index contributed by atoms with van der Waals surface area (Å²) < 4.78 is 0.882. The smallest absolute Gasteiger partial charge is 0.329 e. The van der Waals surface area contributed by atoms with Crippen molar-refractivity contribution in [3.63, 3.8) is 0 Å². The number of phenols is 1. The number of amides is 3. The van der Waals surface area contributed by atoms with Gasteiger partial charge in [0.25, 0.3) is 5.91 Å². The van der Waals surface area contributed by atoms with Crippen molar-refractivity contribution in [1.82, 2.24) is 10.2 Å². The van der Waals surface area contributed by atoms with Gasteiger partial charge in [-0.3, -0.25) is 19.8 Å². The van der Waals surface area contributed by atoms with E-state index in [-0.39, 0.29) is 12.2 Å². The van der Waals surface area contributed by atoms with Gasteiger partial charge in [-0.15, -0.1) is 0 Å². The third-order valence-corrected chi connectivity index (χ3v) is 4.25. The van der Waals surface area contributed by atoms with Gasteiger partial charge in [0.05, 0.1) is 11.5 Å². The number of carbonyl (C=O) groups is 2. The van der Waals surface area contributed by atoms with Crippen molar-refractivity contribution in [3.05, 3.63) is 73.9 Å². The van der Waals surface area contributed by atoms with E-state index in [9.17, 15) is 24.8 Å². The number of benzene rings is 2. The third kappa shape index (κ3) is 3.57. The number of halogens is 1. The second kappa shape index (κ2) is 6.96. The van der Waals surface area contributed by atoms with Crippen molar-refractivity contribution in [2.75, 3.05) is 0 Å². The van der Waals surface area contributed by atoms with Crippen LogP contribution < -0.4 is 5.32 Å². The number of nitro groups is 1. The van der Waals surface area contributed by atoms with Crippen LogP contribution in [0.3, 0.4) is 0 Å². The SMILES string of the molecule is O=C1N/C(=C\c2ccc(O)c([N+](=O)[O-])c2)C(=O)N1Cc1ccc(Br)cc1. The van der Waals surface area contributed by atoms with Gasteiger partial charge in [0.1, 0.15) is 5.70 Å². The Hall–Kier alpha value is -3.20. The normalized spacial score (nSPS) is 15.4. The number of imide groups is 1. The summed E-state index contributed by atoms with van der Waals surface area (Å²) in [4.78, 5) is 35.7. The number of carbonyl (C=O) groups excluding carboxylic acids is 2. The van der Waals surface area contributed by atoms with Crippen LogP contribution in [0.15, 0.2) is 52.6 Å². The predicted octanol–water partition coefficient (Wildman–Crippen LogP) is 3.16. The van der Waals surface area contributed by atoms with Gasteiger partial charge in [0.2, 0.25) is 0 Å². The molecule has 1 aliphatic rings. The summed E-state index contributed by atoms with van der Waals surface area (Å²) in [6.07, 6.45) is 1.33. The summed E-state index contributed by atoms with van der Waals surface area (Å²) >= 11 is 3.31. The van der Waals surface area contributed by atoms with Crippen LogP contribution in [0.4, 0.5) is 10.5 Å². The minimum atomic E-state index is -0.730. The lowest BCUT2D eigenvalue weighted by Gasteiger charge is -2.11. The fourth-order valence-electron chi connectivity index (χ4n) is 2.43. The average molecular weight is 418 g/mol. The monoisotopic (exact) mass is 417 g/mol. The van der Waals surface area contributed by atoms with Crippen LogP contribution in [0.25, 0.3) is 6.08 Å². The molecular weight excluding hydrogens is 406 g/mol. The molecule has 3 amide bonds. The average Bonchev–Trinajstić information content (AvgIpc) is 2.85. The fourth-order valence-corrected chi connectivity index (χ4v) is 2.70. The second-order valence-electron chi connectivity index (χ2n) is 5.51. The van der Waals surface area contributed by atoms with Crippen LogP contribution in [0.1, 0.15) is 11.1 Å². The van der Waals surface area contributed by atoms with Gasteiger partial charge in [-0.05, 0) is 35.4 Å². The first kappa shape index (κ1) is 17.6. The molecule has 1 fully saturated rings. The van der Waals surface area contributed by atoms with Crippen molar-refractivity contribution >= 4 is 39.6 Å². The van der Waals surface area contributed by atoms with E-state index < -0.39 is 28.3 Å². The Morgan fingerprint density at radius 2 is 1.88 bits per heavy atom. The van der Waals surface area contributed by atoms with Gasteiger partial charge >= 0.3 is 11.7 Å². The number of nitro benzene ring substituents is 1. The van der Waals surface area contributed by atoms with Crippen LogP contribution in [0.2, 0.25) is 0 Å². The molecule has 26 heavy (non-hydrogen) atoms. The molecule has 1 aliphatic heterocycles. The van der Waals surface area contributed by atoms with E-state index in [0.717, 1.165) is 27.1 Å². The largest absolute Gasteiger partial charge is 0.502 e. The molecule has 132 valence electrons. The van der Waals surface area contributed by atoms with Crippen LogP contribution >= 0.6 is 15.9 Å². The van der Waals surface area contributed by atoms with E-state index in [0.29, 0.717) is 5.56 Å². The minimum absolute atomic E-state index is 0.00657. The van der Waals surface area contributed by atoms with E-state index in [4.69, 9.17) is 0 Å². The molecule has 0 aliphatic carbocycles. The lowest BCUT2D eigenvalue weighted by Crippen LogP contribution is -2.30. The molecule has 0 saturated carbocycles. The van der Waals surface area contributed by atoms with Gasteiger partial charge in [0.15, 0.2) is 5.75 Å². The highest BCUT2D eigenvalue weighted by Crippen LogP contribution is 2.27. The highest BCUT2D eigenvalue weighted by atomic mass is 79.9. The van der Waals surface area contributed by atoms with Crippen molar-refractivity contribution in [3.8, 4) is 5.75 Å². The number of phenolic OH excluding ortho intramolecular Hbond substituents is 1. The number of nitrogens with zero attached hydrogens (tertiary/aromatic N) is 2. The van der Waals surface area contributed by atoms with Gasteiger partial charge in [-0.25, -0.2) is 4.79 Å². The van der Waals surface area contributed by atoms with Crippen molar-refractivity contribution in [2.45, 2.75) is 6.54 Å². The second-order valence-corrected chi connectivity index (χ2v) is 6.43. The van der Waals surface area contributed by atoms with Gasteiger partial charge in [0, 0.05) is 10.5 Å². The summed E-state index contributed by atoms with van der Waals surface area (Å²) in [5.41, 5.74) is 0.608. The summed E-state index contributed by atoms with van der Waals surface area (Å²) in [6.45, 7) is 0.102. The maximum Gasteiger partial charge on any atom is 0.329 e. The molecule has 0 atom stereocenters. The molecule has 0 unspecified atom stereocenters. The Labute approximate surface area is 156 Å². The van der Waals surface area contributed by atoms with E-state index in [1.54, 1.807) is 24.3 Å². The minimum Gasteiger partial charge on any atom is -0.502 e. The van der Waals surface area contributed by atoms with Crippen LogP contribution in [-0.2, 0) is 11.3 Å². The maximum absolute atomic E-state index is 12.5. The van der Waals surface area contributed by atoms with Crippen LogP contribution in [0, 0.1) is 10.1 Å². The number of hydrogen-bond donors (Lipinski definition) is 2. The zero-order valence-corrected chi connectivity index (χ0v) is 14.8. The lowest BCUT2D eigenvalue weighted by atomic mass is 10.1. The molecule has 0 aromatic heterocycles. The molecular formula is C17H12BrN3O5. The predicted molar refractivity (Wildman–Crippen MR) is 96.0 cm³/mol. The standard InChI is InChI=1S/C17H12BrN3O5/c18-12-4-1-10(2-5-12)9-20-16(23)13(19-17(20)24)7-11-3-6-15(22)14(8-11)21(25)26/h1-8,22H,9H2,(H,19,24)/b13-7-. The fraction of sp³-hybridized carbons (Fsp3) is 0.0588. The van der Waals surface area contributed by atoms with Gasteiger partial charge < -0.3 is 10.4 Å². The molecule has 2 aromatic carbocycles. The number of hydrogen-bond acceptors (Lipinski definition) is 5. The number of aromatic hydroxyl groups is 1. The number of rotatable bonds is 4. The Morgan fingerprint density at radius 1 is 1.19 bits per heavy atom. The first-order valence-corrected chi connectivity index (χ1v) is 8.21. The molecule has 9 heteroatoms.